The molecule has 3 rings (SSSR count). The minimum atomic E-state index is 0.0937. The molecule has 5 unspecified atom stereocenters. The summed E-state index contributed by atoms with van der Waals surface area (Å²) >= 11 is 0. The van der Waals surface area contributed by atoms with Crippen molar-refractivity contribution in [1.29, 1.82) is 0 Å². The van der Waals surface area contributed by atoms with E-state index in [1.807, 2.05) is 0 Å². The average Bonchev–Trinajstić information content (AvgIpc) is 2.62. The number of hydrogen-bond acceptors (Lipinski definition) is 1. The molecular weight excluding hydrogens is 124 g/mol. The molecule has 0 aromatic rings. The quantitative estimate of drug-likeness (QED) is 0.536. The normalized spacial score (nSPS) is 63.9. The van der Waals surface area contributed by atoms with Gasteiger partial charge in [0.2, 0.25) is 0 Å². The predicted octanol–water partition coefficient (Wildman–Crippen LogP) is 1.41. The monoisotopic (exact) mass is 138 g/mol. The van der Waals surface area contributed by atoms with E-state index >= 15 is 0 Å². The first-order valence-electron chi connectivity index (χ1n) is 4.54. The molecule has 0 aromatic heterocycles. The summed E-state index contributed by atoms with van der Waals surface area (Å²) in [6, 6.07) is 0. The van der Waals surface area contributed by atoms with Crippen molar-refractivity contribution in [2.75, 3.05) is 0 Å². The zero-order valence-corrected chi connectivity index (χ0v) is 6.16. The van der Waals surface area contributed by atoms with Gasteiger partial charge in [0.1, 0.15) is 0 Å². The minimum absolute atomic E-state index is 0.0937. The largest absolute Gasteiger partial charge is 0.393 e. The third kappa shape index (κ3) is 0.531. The molecule has 0 radical (unpaired) electrons. The van der Waals surface area contributed by atoms with E-state index in [1.54, 1.807) is 0 Å². The first kappa shape index (κ1) is 5.59. The average molecular weight is 138 g/mol. The SMILES string of the molecule is OC1CC2CCC3C(C2)C13. The summed E-state index contributed by atoms with van der Waals surface area (Å²) < 4.78 is 0. The molecule has 0 spiro atoms. The molecule has 10 heavy (non-hydrogen) atoms. The summed E-state index contributed by atoms with van der Waals surface area (Å²) in [5, 5.41) is 9.60. The highest BCUT2D eigenvalue weighted by atomic mass is 16.3. The summed E-state index contributed by atoms with van der Waals surface area (Å²) in [7, 11) is 0. The molecule has 0 amide bonds. The molecule has 5 atom stereocenters. The molecule has 0 aromatic carbocycles. The van der Waals surface area contributed by atoms with Gasteiger partial charge in [0.15, 0.2) is 0 Å². The van der Waals surface area contributed by atoms with Crippen LogP contribution in [0.5, 0.6) is 0 Å². The molecule has 3 aliphatic rings. The molecule has 1 N–H and O–H groups in total. The van der Waals surface area contributed by atoms with Crippen molar-refractivity contribution in [1.82, 2.24) is 0 Å². The fraction of sp³-hybridized carbons (Fsp3) is 1.00. The van der Waals surface area contributed by atoms with Crippen LogP contribution in [0.15, 0.2) is 0 Å². The van der Waals surface area contributed by atoms with Gasteiger partial charge in [-0.1, -0.05) is 6.42 Å². The highest BCUT2D eigenvalue weighted by Crippen LogP contribution is 2.63. The Balaban J connectivity index is 1.91. The van der Waals surface area contributed by atoms with E-state index < -0.39 is 0 Å². The highest BCUT2D eigenvalue weighted by Gasteiger charge is 2.59. The predicted molar refractivity (Wildman–Crippen MR) is 38.4 cm³/mol. The van der Waals surface area contributed by atoms with Crippen molar-refractivity contribution in [2.24, 2.45) is 23.7 Å². The molecule has 3 aliphatic carbocycles. The molecule has 3 saturated carbocycles. The van der Waals surface area contributed by atoms with Crippen LogP contribution in [0.3, 0.4) is 0 Å². The van der Waals surface area contributed by atoms with Crippen molar-refractivity contribution in [2.45, 2.75) is 31.8 Å². The van der Waals surface area contributed by atoms with Gasteiger partial charge in [-0.3, -0.25) is 0 Å². The lowest BCUT2D eigenvalue weighted by Crippen LogP contribution is -2.21. The summed E-state index contributed by atoms with van der Waals surface area (Å²) in [4.78, 5) is 0. The van der Waals surface area contributed by atoms with Crippen LogP contribution < -0.4 is 0 Å². The Kier molecular flexibility index (Phi) is 0.883. The summed E-state index contributed by atoms with van der Waals surface area (Å²) in [5.74, 6) is 3.56. The van der Waals surface area contributed by atoms with E-state index in [0.717, 1.165) is 30.1 Å². The smallest absolute Gasteiger partial charge is 0.0576 e. The van der Waals surface area contributed by atoms with E-state index in [-0.39, 0.29) is 6.10 Å². The molecule has 1 heteroatoms. The first-order valence-corrected chi connectivity index (χ1v) is 4.54. The van der Waals surface area contributed by atoms with Crippen LogP contribution in [0.2, 0.25) is 0 Å². The lowest BCUT2D eigenvalue weighted by molar-refractivity contribution is 0.0908. The summed E-state index contributed by atoms with van der Waals surface area (Å²) in [5.41, 5.74) is 0. The zero-order valence-electron chi connectivity index (χ0n) is 6.16. The van der Waals surface area contributed by atoms with Crippen LogP contribution in [-0.2, 0) is 0 Å². The van der Waals surface area contributed by atoms with Crippen LogP contribution in [0.25, 0.3) is 0 Å². The number of hydrogen-bond donors (Lipinski definition) is 1. The second kappa shape index (κ2) is 1.58. The Hall–Kier alpha value is -0.0400. The standard InChI is InChI=1S/C9H14O/c10-8-4-5-1-2-6-7(3-5)9(6)8/h5-10H,1-4H2. The number of fused-ring (bicyclic) bond motifs is 2. The Labute approximate surface area is 61.4 Å². The van der Waals surface area contributed by atoms with Crippen LogP contribution >= 0.6 is 0 Å². The fourth-order valence-electron chi connectivity index (χ4n) is 3.43. The molecule has 1 nitrogen and oxygen atoms in total. The highest BCUT2D eigenvalue weighted by molar-refractivity contribution is 5.08. The van der Waals surface area contributed by atoms with Crippen molar-refractivity contribution in [3.05, 3.63) is 0 Å². The van der Waals surface area contributed by atoms with Gasteiger partial charge in [0, 0.05) is 0 Å². The molecule has 0 aliphatic heterocycles. The number of aliphatic hydroxyl groups is 1. The second-order valence-corrected chi connectivity index (χ2v) is 4.39. The van der Waals surface area contributed by atoms with Gasteiger partial charge in [-0.2, -0.15) is 0 Å². The van der Waals surface area contributed by atoms with Gasteiger partial charge in [-0.05, 0) is 42.9 Å². The summed E-state index contributed by atoms with van der Waals surface area (Å²) in [6.45, 7) is 0. The van der Waals surface area contributed by atoms with Gasteiger partial charge < -0.3 is 5.11 Å². The maximum absolute atomic E-state index is 9.60. The number of rotatable bonds is 0. The molecule has 0 saturated heterocycles. The van der Waals surface area contributed by atoms with Gasteiger partial charge in [-0.15, -0.1) is 0 Å². The van der Waals surface area contributed by atoms with Crippen LogP contribution in [-0.4, -0.2) is 11.2 Å². The zero-order chi connectivity index (χ0) is 6.72. The lowest BCUT2D eigenvalue weighted by Gasteiger charge is -2.25. The van der Waals surface area contributed by atoms with Crippen molar-refractivity contribution >= 4 is 0 Å². The molecule has 56 valence electrons. The topological polar surface area (TPSA) is 20.2 Å². The minimum Gasteiger partial charge on any atom is -0.393 e. The Bertz CT molecular complexity index is 157. The van der Waals surface area contributed by atoms with Crippen LogP contribution in [0.4, 0.5) is 0 Å². The molecule has 0 heterocycles. The van der Waals surface area contributed by atoms with E-state index in [9.17, 15) is 5.11 Å². The van der Waals surface area contributed by atoms with E-state index in [1.165, 1.54) is 19.3 Å². The Morgan fingerprint density at radius 2 is 1.90 bits per heavy atom. The van der Waals surface area contributed by atoms with Gasteiger partial charge in [0.25, 0.3) is 0 Å². The van der Waals surface area contributed by atoms with E-state index in [0.29, 0.717) is 0 Å². The van der Waals surface area contributed by atoms with Crippen LogP contribution in [0.1, 0.15) is 25.7 Å². The Morgan fingerprint density at radius 1 is 1.00 bits per heavy atom. The van der Waals surface area contributed by atoms with Gasteiger partial charge in [0.05, 0.1) is 6.10 Å². The number of aliphatic hydroxyl groups excluding tert-OH is 1. The lowest BCUT2D eigenvalue weighted by atomic mass is 9.83. The Morgan fingerprint density at radius 3 is 2.80 bits per heavy atom. The van der Waals surface area contributed by atoms with E-state index in [2.05, 4.69) is 0 Å². The fourth-order valence-corrected chi connectivity index (χ4v) is 3.43. The van der Waals surface area contributed by atoms with Gasteiger partial charge >= 0.3 is 0 Å². The third-order valence-electron chi connectivity index (χ3n) is 3.93. The molecular formula is C9H14O. The maximum Gasteiger partial charge on any atom is 0.0576 e. The van der Waals surface area contributed by atoms with Crippen molar-refractivity contribution in [3.63, 3.8) is 0 Å². The van der Waals surface area contributed by atoms with Crippen molar-refractivity contribution in [3.8, 4) is 0 Å². The van der Waals surface area contributed by atoms with Crippen molar-refractivity contribution < 1.29 is 5.11 Å². The first-order chi connectivity index (χ1) is 4.86. The van der Waals surface area contributed by atoms with Crippen LogP contribution in [0, 0.1) is 23.7 Å². The summed E-state index contributed by atoms with van der Waals surface area (Å²) in [6.07, 6.45) is 5.51. The maximum atomic E-state index is 9.60. The van der Waals surface area contributed by atoms with Gasteiger partial charge in [-0.25, -0.2) is 0 Å². The molecule has 2 bridgehead atoms. The van der Waals surface area contributed by atoms with E-state index in [4.69, 9.17) is 0 Å². The second-order valence-electron chi connectivity index (χ2n) is 4.39. The third-order valence-corrected chi connectivity index (χ3v) is 3.93. The molecule has 3 fully saturated rings.